The molecule has 0 atom stereocenters. The van der Waals surface area contributed by atoms with E-state index < -0.39 is 0 Å². The molecule has 0 aliphatic rings. The van der Waals surface area contributed by atoms with E-state index in [1.54, 1.807) is 0 Å². The van der Waals surface area contributed by atoms with Crippen molar-refractivity contribution < 1.29 is 4.39 Å². The van der Waals surface area contributed by atoms with Crippen LogP contribution in [0.25, 0.3) is 0 Å². The molecule has 90 valence electrons. The van der Waals surface area contributed by atoms with Crippen molar-refractivity contribution in [3.05, 3.63) is 57.6 Å². The summed E-state index contributed by atoms with van der Waals surface area (Å²) in [5.74, 6) is -0.225. The van der Waals surface area contributed by atoms with E-state index in [2.05, 4.69) is 21.4 Å². The molecule has 4 heteroatoms. The SMILES string of the molecule is Cc1ccc(C)n1NCc1cc(F)cc(Br)c1. The summed E-state index contributed by atoms with van der Waals surface area (Å²) in [6, 6.07) is 8.99. The monoisotopic (exact) mass is 296 g/mol. The van der Waals surface area contributed by atoms with Crippen LogP contribution in [0, 0.1) is 19.7 Å². The number of hydrogen-bond donors (Lipinski definition) is 1. The first-order chi connectivity index (χ1) is 8.06. The van der Waals surface area contributed by atoms with Crippen molar-refractivity contribution in [3.8, 4) is 0 Å². The van der Waals surface area contributed by atoms with Crippen LogP contribution in [0.5, 0.6) is 0 Å². The smallest absolute Gasteiger partial charge is 0.124 e. The minimum absolute atomic E-state index is 0.225. The number of nitrogens with zero attached hydrogens (tertiary/aromatic N) is 1. The van der Waals surface area contributed by atoms with E-state index in [4.69, 9.17) is 0 Å². The number of aryl methyl sites for hydroxylation is 2. The lowest BCUT2D eigenvalue weighted by atomic mass is 10.2. The summed E-state index contributed by atoms with van der Waals surface area (Å²) in [6.07, 6.45) is 0. The largest absolute Gasteiger partial charge is 0.322 e. The van der Waals surface area contributed by atoms with Crippen molar-refractivity contribution in [2.45, 2.75) is 20.4 Å². The predicted octanol–water partition coefficient (Wildman–Crippen LogP) is 3.75. The molecule has 17 heavy (non-hydrogen) atoms. The van der Waals surface area contributed by atoms with Crippen molar-refractivity contribution in [2.75, 3.05) is 5.43 Å². The molecule has 0 saturated carbocycles. The predicted molar refractivity (Wildman–Crippen MR) is 71.1 cm³/mol. The van der Waals surface area contributed by atoms with Gasteiger partial charge < -0.3 is 5.43 Å². The van der Waals surface area contributed by atoms with Crippen LogP contribution in [0.15, 0.2) is 34.8 Å². The first-order valence-electron chi connectivity index (χ1n) is 5.40. The minimum Gasteiger partial charge on any atom is -0.322 e. The quantitative estimate of drug-likeness (QED) is 0.913. The van der Waals surface area contributed by atoms with Crippen LogP contribution in [-0.2, 0) is 6.54 Å². The van der Waals surface area contributed by atoms with E-state index in [9.17, 15) is 4.39 Å². The molecule has 2 aromatic rings. The van der Waals surface area contributed by atoms with Gasteiger partial charge in [0.05, 0.1) is 6.54 Å². The van der Waals surface area contributed by atoms with Crippen molar-refractivity contribution in [1.82, 2.24) is 4.68 Å². The molecule has 0 amide bonds. The Morgan fingerprint density at radius 2 is 1.82 bits per heavy atom. The molecule has 2 rings (SSSR count). The van der Waals surface area contributed by atoms with E-state index in [1.807, 2.05) is 36.7 Å². The second-order valence-electron chi connectivity index (χ2n) is 4.06. The van der Waals surface area contributed by atoms with Crippen LogP contribution in [0.3, 0.4) is 0 Å². The number of halogens is 2. The molecule has 0 saturated heterocycles. The van der Waals surface area contributed by atoms with Gasteiger partial charge in [0, 0.05) is 15.9 Å². The number of nitrogens with one attached hydrogen (secondary N) is 1. The molecule has 0 radical (unpaired) electrons. The maximum Gasteiger partial charge on any atom is 0.124 e. The summed E-state index contributed by atoms with van der Waals surface area (Å²) in [4.78, 5) is 0. The minimum atomic E-state index is -0.225. The molecule has 0 fully saturated rings. The third-order valence-corrected chi connectivity index (χ3v) is 3.09. The summed E-state index contributed by atoms with van der Waals surface area (Å²) < 4.78 is 15.9. The van der Waals surface area contributed by atoms with Crippen molar-refractivity contribution in [1.29, 1.82) is 0 Å². The summed E-state index contributed by atoms with van der Waals surface area (Å²) in [6.45, 7) is 4.65. The first kappa shape index (κ1) is 12.2. The van der Waals surface area contributed by atoms with Gasteiger partial charge in [0.25, 0.3) is 0 Å². The van der Waals surface area contributed by atoms with Crippen LogP contribution in [0.4, 0.5) is 4.39 Å². The van der Waals surface area contributed by atoms with E-state index >= 15 is 0 Å². The molecule has 0 spiro atoms. The molecule has 0 bridgehead atoms. The Balaban J connectivity index is 2.12. The Hall–Kier alpha value is -1.29. The van der Waals surface area contributed by atoms with Crippen LogP contribution in [0.2, 0.25) is 0 Å². The van der Waals surface area contributed by atoms with Crippen LogP contribution >= 0.6 is 15.9 Å². The molecular formula is C13H14BrFN2. The van der Waals surface area contributed by atoms with Gasteiger partial charge in [0.1, 0.15) is 5.82 Å². The van der Waals surface area contributed by atoms with Gasteiger partial charge in [-0.25, -0.2) is 4.39 Å². The lowest BCUT2D eigenvalue weighted by Gasteiger charge is -2.12. The standard InChI is InChI=1S/C13H14BrFN2/c1-9-3-4-10(2)17(9)16-8-11-5-12(14)7-13(15)6-11/h3-7,16H,8H2,1-2H3. The van der Waals surface area contributed by atoms with Gasteiger partial charge in [-0.2, -0.15) is 0 Å². The molecule has 0 unspecified atom stereocenters. The second-order valence-corrected chi connectivity index (χ2v) is 4.98. The summed E-state index contributed by atoms with van der Waals surface area (Å²) in [5.41, 5.74) is 6.44. The second kappa shape index (κ2) is 4.92. The lowest BCUT2D eigenvalue weighted by Crippen LogP contribution is -2.16. The van der Waals surface area contributed by atoms with Crippen LogP contribution in [0.1, 0.15) is 17.0 Å². The van der Waals surface area contributed by atoms with Crippen LogP contribution < -0.4 is 5.43 Å². The topological polar surface area (TPSA) is 17.0 Å². The van der Waals surface area contributed by atoms with E-state index in [1.165, 1.54) is 12.1 Å². The average molecular weight is 297 g/mol. The lowest BCUT2D eigenvalue weighted by molar-refractivity contribution is 0.624. The number of hydrogen-bond acceptors (Lipinski definition) is 1. The Morgan fingerprint density at radius 1 is 1.18 bits per heavy atom. The van der Waals surface area contributed by atoms with Gasteiger partial charge in [-0.15, -0.1) is 0 Å². The summed E-state index contributed by atoms with van der Waals surface area (Å²) >= 11 is 3.29. The Morgan fingerprint density at radius 3 is 2.41 bits per heavy atom. The maximum atomic E-state index is 13.2. The first-order valence-corrected chi connectivity index (χ1v) is 6.19. The van der Waals surface area contributed by atoms with Gasteiger partial charge in [0.15, 0.2) is 0 Å². The molecule has 0 aliphatic carbocycles. The third kappa shape index (κ3) is 2.88. The Labute approximate surface area is 109 Å². The van der Waals surface area contributed by atoms with Gasteiger partial charge in [-0.05, 0) is 49.7 Å². The van der Waals surface area contributed by atoms with Crippen molar-refractivity contribution in [3.63, 3.8) is 0 Å². The highest BCUT2D eigenvalue weighted by atomic mass is 79.9. The Kier molecular flexibility index (Phi) is 3.52. The summed E-state index contributed by atoms with van der Waals surface area (Å²) in [7, 11) is 0. The molecule has 0 aliphatic heterocycles. The molecule has 1 aromatic carbocycles. The van der Waals surface area contributed by atoms with Crippen molar-refractivity contribution >= 4 is 15.9 Å². The highest BCUT2D eigenvalue weighted by molar-refractivity contribution is 9.10. The average Bonchev–Trinajstić information content (AvgIpc) is 2.55. The van der Waals surface area contributed by atoms with Crippen molar-refractivity contribution in [2.24, 2.45) is 0 Å². The number of aromatic nitrogens is 1. The van der Waals surface area contributed by atoms with E-state index in [0.717, 1.165) is 21.4 Å². The fourth-order valence-corrected chi connectivity index (χ4v) is 2.31. The third-order valence-electron chi connectivity index (χ3n) is 2.63. The van der Waals surface area contributed by atoms with Gasteiger partial charge in [-0.1, -0.05) is 15.9 Å². The zero-order valence-electron chi connectivity index (χ0n) is 9.80. The van der Waals surface area contributed by atoms with E-state index in [-0.39, 0.29) is 5.82 Å². The van der Waals surface area contributed by atoms with Gasteiger partial charge in [-0.3, -0.25) is 4.68 Å². The molecular weight excluding hydrogens is 283 g/mol. The fraction of sp³-hybridized carbons (Fsp3) is 0.231. The zero-order valence-corrected chi connectivity index (χ0v) is 11.4. The Bertz CT molecular complexity index is 494. The number of rotatable bonds is 3. The number of benzene rings is 1. The van der Waals surface area contributed by atoms with E-state index in [0.29, 0.717) is 6.54 Å². The molecule has 1 heterocycles. The highest BCUT2D eigenvalue weighted by Crippen LogP contribution is 2.15. The zero-order chi connectivity index (χ0) is 12.4. The maximum absolute atomic E-state index is 13.2. The van der Waals surface area contributed by atoms with Gasteiger partial charge >= 0.3 is 0 Å². The highest BCUT2D eigenvalue weighted by Gasteiger charge is 2.02. The normalized spacial score (nSPS) is 10.6. The fourth-order valence-electron chi connectivity index (χ4n) is 1.80. The van der Waals surface area contributed by atoms with Crippen LogP contribution in [-0.4, -0.2) is 4.68 Å². The summed E-state index contributed by atoms with van der Waals surface area (Å²) in [5, 5.41) is 0. The molecule has 2 nitrogen and oxygen atoms in total. The molecule has 1 N–H and O–H groups in total. The van der Waals surface area contributed by atoms with Gasteiger partial charge in [0.2, 0.25) is 0 Å². The molecule has 1 aromatic heterocycles.